The molecule has 2 aromatic carbocycles. The van der Waals surface area contributed by atoms with Crippen LogP contribution in [0.25, 0.3) is 10.9 Å². The van der Waals surface area contributed by atoms with Crippen molar-refractivity contribution in [3.63, 3.8) is 0 Å². The van der Waals surface area contributed by atoms with Gasteiger partial charge < -0.3 is 15.2 Å². The molecule has 6 heteroatoms. The zero-order valence-electron chi connectivity index (χ0n) is 15.0. The van der Waals surface area contributed by atoms with Gasteiger partial charge in [-0.2, -0.15) is 5.26 Å². The van der Waals surface area contributed by atoms with E-state index in [-0.39, 0.29) is 18.4 Å². The van der Waals surface area contributed by atoms with E-state index in [0.717, 1.165) is 16.5 Å². The number of nitriles is 1. The average molecular weight is 360 g/mol. The minimum absolute atomic E-state index is 0.0604. The van der Waals surface area contributed by atoms with Crippen LogP contribution >= 0.6 is 0 Å². The summed E-state index contributed by atoms with van der Waals surface area (Å²) in [6, 6.07) is 16.6. The molecule has 0 fully saturated rings. The number of anilines is 1. The molecule has 0 aliphatic heterocycles. The summed E-state index contributed by atoms with van der Waals surface area (Å²) in [5.74, 6) is -0.458. The van der Waals surface area contributed by atoms with Crippen LogP contribution < -0.4 is 10.2 Å². The van der Waals surface area contributed by atoms with Gasteiger partial charge in [0.1, 0.15) is 6.54 Å². The van der Waals surface area contributed by atoms with Gasteiger partial charge in [0.05, 0.1) is 11.6 Å². The van der Waals surface area contributed by atoms with E-state index < -0.39 is 0 Å². The largest absolute Gasteiger partial charge is 0.361 e. The summed E-state index contributed by atoms with van der Waals surface area (Å²) in [7, 11) is 0. The molecule has 0 saturated heterocycles. The topological polar surface area (TPSA) is 89.0 Å². The van der Waals surface area contributed by atoms with E-state index >= 15 is 0 Å². The van der Waals surface area contributed by atoms with Crippen LogP contribution in [-0.2, 0) is 16.0 Å². The van der Waals surface area contributed by atoms with E-state index in [4.69, 9.17) is 5.26 Å². The first-order valence-corrected chi connectivity index (χ1v) is 8.68. The van der Waals surface area contributed by atoms with Crippen molar-refractivity contribution in [2.75, 3.05) is 18.0 Å². The molecule has 0 unspecified atom stereocenters. The molecule has 2 amide bonds. The van der Waals surface area contributed by atoms with Gasteiger partial charge in [0.2, 0.25) is 11.8 Å². The van der Waals surface area contributed by atoms with Gasteiger partial charge in [-0.1, -0.05) is 18.2 Å². The number of aromatic amines is 1. The fourth-order valence-corrected chi connectivity index (χ4v) is 2.97. The number of carbonyl (C=O) groups is 2. The van der Waals surface area contributed by atoms with E-state index in [1.807, 2.05) is 36.5 Å². The number of H-pyrrole nitrogens is 1. The van der Waals surface area contributed by atoms with Gasteiger partial charge in [0, 0.05) is 36.3 Å². The second-order valence-electron chi connectivity index (χ2n) is 6.22. The monoisotopic (exact) mass is 360 g/mol. The highest BCUT2D eigenvalue weighted by molar-refractivity contribution is 5.97. The highest BCUT2D eigenvalue weighted by atomic mass is 16.2. The molecule has 0 atom stereocenters. The minimum atomic E-state index is -0.230. The molecule has 1 aromatic heterocycles. The third-order valence-corrected chi connectivity index (χ3v) is 4.38. The average Bonchev–Trinajstić information content (AvgIpc) is 3.09. The number of hydrogen-bond acceptors (Lipinski definition) is 3. The first kappa shape index (κ1) is 18.2. The molecule has 2 N–H and O–H groups in total. The number of benzene rings is 2. The van der Waals surface area contributed by atoms with Crippen molar-refractivity contribution in [1.29, 1.82) is 5.26 Å². The predicted molar refractivity (Wildman–Crippen MR) is 104 cm³/mol. The molecule has 0 aliphatic rings. The quantitative estimate of drug-likeness (QED) is 0.708. The Bertz CT molecular complexity index is 999. The molecular weight excluding hydrogens is 340 g/mol. The van der Waals surface area contributed by atoms with Crippen molar-refractivity contribution >= 4 is 28.4 Å². The van der Waals surface area contributed by atoms with Gasteiger partial charge >= 0.3 is 0 Å². The molecule has 136 valence electrons. The maximum absolute atomic E-state index is 12.3. The summed E-state index contributed by atoms with van der Waals surface area (Å²) in [5, 5.41) is 12.9. The van der Waals surface area contributed by atoms with Crippen molar-refractivity contribution in [3.05, 3.63) is 65.9 Å². The normalized spacial score (nSPS) is 10.4. The molecule has 3 rings (SSSR count). The highest BCUT2D eigenvalue weighted by Gasteiger charge is 2.15. The Balaban J connectivity index is 1.58. The molecule has 1 heterocycles. The Hall–Kier alpha value is -3.59. The molecule has 0 radical (unpaired) electrons. The zero-order valence-corrected chi connectivity index (χ0v) is 15.0. The molecule has 6 nitrogen and oxygen atoms in total. The zero-order chi connectivity index (χ0) is 19.2. The first-order valence-electron chi connectivity index (χ1n) is 8.68. The second-order valence-corrected chi connectivity index (χ2v) is 6.22. The summed E-state index contributed by atoms with van der Waals surface area (Å²) >= 11 is 0. The van der Waals surface area contributed by atoms with Crippen molar-refractivity contribution in [2.45, 2.75) is 13.3 Å². The van der Waals surface area contributed by atoms with Crippen LogP contribution in [0, 0.1) is 11.3 Å². The Morgan fingerprint density at radius 1 is 1.15 bits per heavy atom. The molecule has 0 bridgehead atoms. The number of hydrogen-bond donors (Lipinski definition) is 2. The third kappa shape index (κ3) is 4.33. The van der Waals surface area contributed by atoms with Gasteiger partial charge in [0.15, 0.2) is 0 Å². The number of carbonyl (C=O) groups excluding carboxylic acids is 2. The second kappa shape index (κ2) is 8.19. The number of fused-ring (bicyclic) bond motifs is 1. The number of nitrogens with zero attached hydrogens (tertiary/aromatic N) is 2. The molecule has 0 spiro atoms. The Morgan fingerprint density at radius 2 is 1.89 bits per heavy atom. The van der Waals surface area contributed by atoms with Crippen molar-refractivity contribution in [1.82, 2.24) is 10.3 Å². The van der Waals surface area contributed by atoms with Gasteiger partial charge in [-0.05, 0) is 42.3 Å². The van der Waals surface area contributed by atoms with Crippen LogP contribution in [0.1, 0.15) is 18.1 Å². The lowest BCUT2D eigenvalue weighted by atomic mass is 10.1. The van der Waals surface area contributed by atoms with E-state index in [0.29, 0.717) is 24.2 Å². The molecule has 0 aliphatic carbocycles. The maximum Gasteiger partial charge on any atom is 0.240 e. The SMILES string of the molecule is CC(=O)N(CC(=O)NCCc1c[nH]c2ccccc12)c1ccc(C#N)cc1. The molecular formula is C21H20N4O2. The number of amides is 2. The fraction of sp³-hybridized carbons (Fsp3) is 0.190. The number of nitrogens with one attached hydrogen (secondary N) is 2. The molecule has 27 heavy (non-hydrogen) atoms. The smallest absolute Gasteiger partial charge is 0.240 e. The van der Waals surface area contributed by atoms with E-state index in [9.17, 15) is 9.59 Å². The van der Waals surface area contributed by atoms with Crippen LogP contribution in [0.15, 0.2) is 54.7 Å². The summed E-state index contributed by atoms with van der Waals surface area (Å²) in [6.07, 6.45) is 2.65. The minimum Gasteiger partial charge on any atom is -0.361 e. The Kier molecular flexibility index (Phi) is 5.53. The lowest BCUT2D eigenvalue weighted by Crippen LogP contribution is -2.40. The number of para-hydroxylation sites is 1. The Morgan fingerprint density at radius 3 is 2.59 bits per heavy atom. The summed E-state index contributed by atoms with van der Waals surface area (Å²) < 4.78 is 0. The number of aromatic nitrogens is 1. The van der Waals surface area contributed by atoms with Gasteiger partial charge in [-0.25, -0.2) is 0 Å². The lowest BCUT2D eigenvalue weighted by molar-refractivity contribution is -0.123. The van der Waals surface area contributed by atoms with Gasteiger partial charge in [0.25, 0.3) is 0 Å². The van der Waals surface area contributed by atoms with Crippen LogP contribution in [0.3, 0.4) is 0 Å². The molecule has 0 saturated carbocycles. The third-order valence-electron chi connectivity index (χ3n) is 4.38. The van der Waals surface area contributed by atoms with Gasteiger partial charge in [-0.15, -0.1) is 0 Å². The summed E-state index contributed by atoms with van der Waals surface area (Å²) in [5.41, 5.74) is 3.31. The first-order chi connectivity index (χ1) is 13.1. The van der Waals surface area contributed by atoms with E-state index in [2.05, 4.69) is 10.3 Å². The van der Waals surface area contributed by atoms with E-state index in [1.165, 1.54) is 11.8 Å². The summed E-state index contributed by atoms with van der Waals surface area (Å²) in [4.78, 5) is 28.8. The summed E-state index contributed by atoms with van der Waals surface area (Å²) in [6.45, 7) is 1.84. The van der Waals surface area contributed by atoms with E-state index in [1.54, 1.807) is 24.3 Å². The molecule has 3 aromatic rings. The number of rotatable bonds is 6. The van der Waals surface area contributed by atoms with Gasteiger partial charge in [-0.3, -0.25) is 9.59 Å². The Labute approximate surface area is 157 Å². The predicted octanol–water partition coefficient (Wildman–Crippen LogP) is 2.75. The standard InChI is InChI=1S/C21H20N4O2/c1-15(26)25(18-8-6-16(12-22)7-9-18)14-21(27)23-11-10-17-13-24-20-5-3-2-4-19(17)20/h2-9,13,24H,10-11,14H2,1H3,(H,23,27). The van der Waals surface area contributed by atoms with Crippen LogP contribution in [0.2, 0.25) is 0 Å². The van der Waals surface area contributed by atoms with Crippen molar-refractivity contribution < 1.29 is 9.59 Å². The van der Waals surface area contributed by atoms with Crippen molar-refractivity contribution in [2.24, 2.45) is 0 Å². The fourth-order valence-electron chi connectivity index (χ4n) is 2.97. The maximum atomic E-state index is 12.3. The van der Waals surface area contributed by atoms with Crippen molar-refractivity contribution in [3.8, 4) is 6.07 Å². The van der Waals surface area contributed by atoms with Crippen LogP contribution in [0.4, 0.5) is 5.69 Å². The van der Waals surface area contributed by atoms with Crippen LogP contribution in [-0.4, -0.2) is 29.9 Å². The van der Waals surface area contributed by atoms with Crippen LogP contribution in [0.5, 0.6) is 0 Å². The lowest BCUT2D eigenvalue weighted by Gasteiger charge is -2.20. The highest BCUT2D eigenvalue weighted by Crippen LogP contribution is 2.18.